The summed E-state index contributed by atoms with van der Waals surface area (Å²) in [5.74, 6) is 0. The molecule has 1 fully saturated rings. The van der Waals surface area contributed by atoms with Gasteiger partial charge in [-0.05, 0) is 37.3 Å². The summed E-state index contributed by atoms with van der Waals surface area (Å²) in [4.78, 5) is 0.198. The number of rotatable bonds is 8. The number of nitrogens with zero attached hydrogens (tertiary/aromatic N) is 2. The molecule has 1 saturated carbocycles. The third-order valence-corrected chi connectivity index (χ3v) is 5.29. The molecule has 8 heteroatoms. The fraction of sp³-hybridized carbons (Fsp3) is 0.462. The van der Waals surface area contributed by atoms with E-state index < -0.39 is 10.0 Å². The van der Waals surface area contributed by atoms with Crippen LogP contribution in [0.3, 0.4) is 0 Å². The van der Waals surface area contributed by atoms with Gasteiger partial charge in [0.05, 0.1) is 11.9 Å². The first-order valence-corrected chi connectivity index (χ1v) is 9.37. The van der Waals surface area contributed by atoms with Crippen molar-refractivity contribution >= 4 is 27.0 Å². The third kappa shape index (κ3) is 4.05. The number of hydrogen-bond donors (Lipinski definition) is 2. The topological polar surface area (TPSA) is 76.0 Å². The maximum atomic E-state index is 12.2. The molecule has 0 bridgehead atoms. The number of anilines is 1. The molecule has 2 aromatic heterocycles. The predicted octanol–water partition coefficient (Wildman–Crippen LogP) is 1.89. The molecule has 6 nitrogen and oxygen atoms in total. The van der Waals surface area contributed by atoms with E-state index >= 15 is 0 Å². The molecule has 0 saturated heterocycles. The van der Waals surface area contributed by atoms with E-state index in [0.29, 0.717) is 18.3 Å². The van der Waals surface area contributed by atoms with E-state index in [1.165, 1.54) is 30.4 Å². The van der Waals surface area contributed by atoms with Gasteiger partial charge in [0.1, 0.15) is 4.90 Å². The highest BCUT2D eigenvalue weighted by Gasteiger charge is 2.20. The highest BCUT2D eigenvalue weighted by Crippen LogP contribution is 2.19. The van der Waals surface area contributed by atoms with E-state index in [2.05, 4.69) is 15.1 Å². The second kappa shape index (κ2) is 6.17. The predicted molar refractivity (Wildman–Crippen MR) is 83.0 cm³/mol. The largest absolute Gasteiger partial charge is 0.314 e. The fourth-order valence-corrected chi connectivity index (χ4v) is 3.64. The van der Waals surface area contributed by atoms with Gasteiger partial charge in [-0.3, -0.25) is 9.40 Å². The van der Waals surface area contributed by atoms with Gasteiger partial charge < -0.3 is 5.32 Å². The van der Waals surface area contributed by atoms with Crippen LogP contribution in [-0.2, 0) is 16.6 Å². The first-order chi connectivity index (χ1) is 10.1. The van der Waals surface area contributed by atoms with Gasteiger partial charge in [0, 0.05) is 24.2 Å². The van der Waals surface area contributed by atoms with Crippen LogP contribution in [0.25, 0.3) is 0 Å². The van der Waals surface area contributed by atoms with Gasteiger partial charge in [-0.2, -0.15) is 16.4 Å². The summed E-state index contributed by atoms with van der Waals surface area (Å²) in [5, 5.41) is 11.1. The monoisotopic (exact) mass is 326 g/mol. The molecular weight excluding hydrogens is 308 g/mol. The van der Waals surface area contributed by atoms with Crippen molar-refractivity contribution in [3.63, 3.8) is 0 Å². The van der Waals surface area contributed by atoms with Crippen molar-refractivity contribution in [3.8, 4) is 0 Å². The lowest BCUT2D eigenvalue weighted by molar-refractivity contribution is 0.541. The van der Waals surface area contributed by atoms with Gasteiger partial charge in [-0.15, -0.1) is 0 Å². The smallest absolute Gasteiger partial charge is 0.265 e. The van der Waals surface area contributed by atoms with E-state index in [0.717, 1.165) is 13.0 Å². The molecule has 0 unspecified atom stereocenters. The molecule has 0 aromatic carbocycles. The molecule has 21 heavy (non-hydrogen) atoms. The molecule has 0 atom stereocenters. The summed E-state index contributed by atoms with van der Waals surface area (Å²) in [6, 6.07) is 2.43. The van der Waals surface area contributed by atoms with Gasteiger partial charge in [-0.25, -0.2) is 8.42 Å². The summed E-state index contributed by atoms with van der Waals surface area (Å²) >= 11 is 1.45. The Labute approximate surface area is 128 Å². The first kappa shape index (κ1) is 14.6. The molecule has 2 aromatic rings. The van der Waals surface area contributed by atoms with E-state index in [4.69, 9.17) is 0 Å². The van der Waals surface area contributed by atoms with Gasteiger partial charge in [0.15, 0.2) is 0 Å². The van der Waals surface area contributed by atoms with Crippen LogP contribution in [-0.4, -0.2) is 30.8 Å². The Kier molecular flexibility index (Phi) is 4.27. The molecule has 3 rings (SSSR count). The second-order valence-electron chi connectivity index (χ2n) is 5.14. The molecule has 2 N–H and O–H groups in total. The minimum Gasteiger partial charge on any atom is -0.314 e. The first-order valence-electron chi connectivity index (χ1n) is 6.94. The second-order valence-corrected chi connectivity index (χ2v) is 7.60. The lowest BCUT2D eigenvalue weighted by Gasteiger charge is -2.04. The molecule has 114 valence electrons. The third-order valence-electron chi connectivity index (χ3n) is 3.27. The van der Waals surface area contributed by atoms with E-state index in [1.54, 1.807) is 22.3 Å². The van der Waals surface area contributed by atoms with Crippen LogP contribution in [0.1, 0.15) is 19.3 Å². The maximum absolute atomic E-state index is 12.2. The minimum absolute atomic E-state index is 0.198. The van der Waals surface area contributed by atoms with Crippen molar-refractivity contribution in [1.29, 1.82) is 0 Å². The van der Waals surface area contributed by atoms with Crippen molar-refractivity contribution in [2.24, 2.45) is 0 Å². The number of nitrogens with one attached hydrogen (secondary N) is 2. The van der Waals surface area contributed by atoms with Gasteiger partial charge >= 0.3 is 0 Å². The zero-order valence-corrected chi connectivity index (χ0v) is 13.2. The van der Waals surface area contributed by atoms with Crippen molar-refractivity contribution in [2.45, 2.75) is 36.7 Å². The van der Waals surface area contributed by atoms with E-state index in [-0.39, 0.29) is 4.90 Å². The quantitative estimate of drug-likeness (QED) is 0.726. The normalized spacial score (nSPS) is 15.2. The molecule has 0 radical (unpaired) electrons. The Morgan fingerprint density at radius 3 is 3.00 bits per heavy atom. The number of aromatic nitrogens is 2. The van der Waals surface area contributed by atoms with E-state index in [1.807, 2.05) is 5.38 Å². The Morgan fingerprint density at radius 1 is 1.43 bits per heavy atom. The molecule has 0 amide bonds. The Bertz CT molecular complexity index is 675. The van der Waals surface area contributed by atoms with Crippen LogP contribution in [0, 0.1) is 0 Å². The summed E-state index contributed by atoms with van der Waals surface area (Å²) < 4.78 is 28.5. The Balaban J connectivity index is 1.55. The standard InChI is InChI=1S/C13H18N4O2S2/c18-21(19,16-12-4-7-20-10-12)13-8-15-17(9-13)6-1-5-14-11-2-3-11/h4,7-11,14,16H,1-3,5-6H2. The summed E-state index contributed by atoms with van der Waals surface area (Å²) in [6.07, 6.45) is 6.46. The van der Waals surface area contributed by atoms with Crippen LogP contribution in [0.5, 0.6) is 0 Å². The van der Waals surface area contributed by atoms with Crippen LogP contribution >= 0.6 is 11.3 Å². The molecular formula is C13H18N4O2S2. The van der Waals surface area contributed by atoms with Gasteiger partial charge in [0.2, 0.25) is 0 Å². The van der Waals surface area contributed by atoms with Gasteiger partial charge in [0.25, 0.3) is 10.0 Å². The van der Waals surface area contributed by atoms with Crippen molar-refractivity contribution < 1.29 is 8.42 Å². The minimum atomic E-state index is -3.54. The van der Waals surface area contributed by atoms with Crippen LogP contribution in [0.2, 0.25) is 0 Å². The van der Waals surface area contributed by atoms with Crippen molar-refractivity contribution in [2.75, 3.05) is 11.3 Å². The molecule has 1 aliphatic rings. The summed E-state index contributed by atoms with van der Waals surface area (Å²) in [6.45, 7) is 1.66. The Morgan fingerprint density at radius 2 is 2.29 bits per heavy atom. The maximum Gasteiger partial charge on any atom is 0.265 e. The molecule has 0 spiro atoms. The van der Waals surface area contributed by atoms with Crippen LogP contribution < -0.4 is 10.0 Å². The number of thiophene rings is 1. The van der Waals surface area contributed by atoms with Crippen LogP contribution in [0.4, 0.5) is 5.69 Å². The molecule has 2 heterocycles. The average Bonchev–Trinajstić information content (AvgIpc) is 2.92. The SMILES string of the molecule is O=S(=O)(Nc1ccsc1)c1cnn(CCCNC2CC2)c1. The lowest BCUT2D eigenvalue weighted by Crippen LogP contribution is -2.19. The number of hydrogen-bond acceptors (Lipinski definition) is 5. The lowest BCUT2D eigenvalue weighted by atomic mass is 10.4. The summed E-state index contributed by atoms with van der Waals surface area (Å²) in [5.41, 5.74) is 0.585. The zero-order chi connectivity index (χ0) is 14.7. The Hall–Kier alpha value is -1.38. The van der Waals surface area contributed by atoms with Crippen molar-refractivity contribution in [3.05, 3.63) is 29.2 Å². The van der Waals surface area contributed by atoms with Crippen LogP contribution in [0.15, 0.2) is 34.1 Å². The average molecular weight is 326 g/mol. The molecule has 0 aliphatic heterocycles. The number of aryl methyl sites for hydroxylation is 1. The zero-order valence-electron chi connectivity index (χ0n) is 11.5. The highest BCUT2D eigenvalue weighted by atomic mass is 32.2. The molecule has 1 aliphatic carbocycles. The fourth-order valence-electron chi connectivity index (χ4n) is 1.98. The van der Waals surface area contributed by atoms with Crippen molar-refractivity contribution in [1.82, 2.24) is 15.1 Å². The number of sulfonamides is 1. The van der Waals surface area contributed by atoms with E-state index in [9.17, 15) is 8.42 Å². The highest BCUT2D eigenvalue weighted by molar-refractivity contribution is 7.92. The summed E-state index contributed by atoms with van der Waals surface area (Å²) in [7, 11) is -3.54. The van der Waals surface area contributed by atoms with Gasteiger partial charge in [-0.1, -0.05) is 0 Å².